The molecule has 1 rings (SSSR count). The molecule has 3 N–H and O–H groups in total. The van der Waals surface area contributed by atoms with E-state index >= 15 is 0 Å². The number of nitrogens with one attached hydrogen (secondary N) is 1. The van der Waals surface area contributed by atoms with Gasteiger partial charge < -0.3 is 16.0 Å². The molecule has 1 aromatic heterocycles. The maximum atomic E-state index is 11.2. The van der Waals surface area contributed by atoms with E-state index in [1.54, 1.807) is 0 Å². The van der Waals surface area contributed by atoms with Gasteiger partial charge in [0, 0.05) is 18.2 Å². The smallest absolute Gasteiger partial charge is 0.237 e. The molecule has 0 unspecified atom stereocenters. The Morgan fingerprint density at radius 3 is 2.68 bits per heavy atom. The third kappa shape index (κ3) is 4.08. The van der Waals surface area contributed by atoms with Crippen molar-refractivity contribution in [2.24, 2.45) is 5.73 Å². The second-order valence-corrected chi connectivity index (χ2v) is 4.79. The van der Waals surface area contributed by atoms with Crippen molar-refractivity contribution in [3.05, 3.63) is 11.9 Å². The zero-order valence-electron chi connectivity index (χ0n) is 12.1. The van der Waals surface area contributed by atoms with Crippen LogP contribution in [0, 0.1) is 6.92 Å². The molecule has 0 aromatic carbocycles. The van der Waals surface area contributed by atoms with Gasteiger partial charge in [-0.15, -0.1) is 0 Å². The Bertz CT molecular complexity index is 433. The first-order valence-corrected chi connectivity index (χ1v) is 6.57. The molecule has 0 atom stereocenters. The molecule has 0 spiro atoms. The number of carbonyl (C=O) groups is 1. The predicted octanol–water partition coefficient (Wildman–Crippen LogP) is 1.31. The Morgan fingerprint density at radius 1 is 1.47 bits per heavy atom. The van der Waals surface area contributed by atoms with Crippen LogP contribution in [0.4, 0.5) is 11.6 Å². The Morgan fingerprint density at radius 2 is 2.16 bits per heavy atom. The van der Waals surface area contributed by atoms with E-state index in [4.69, 9.17) is 5.73 Å². The maximum absolute atomic E-state index is 11.2. The SMILES string of the molecule is CCCNc1ncnc(N(CC(N)=O)C(C)C)c1C. The number of amides is 1. The minimum Gasteiger partial charge on any atom is -0.370 e. The molecule has 1 aromatic rings. The first-order chi connectivity index (χ1) is 8.97. The monoisotopic (exact) mass is 265 g/mol. The van der Waals surface area contributed by atoms with Crippen LogP contribution >= 0.6 is 0 Å². The van der Waals surface area contributed by atoms with Crippen LogP contribution in [-0.2, 0) is 4.79 Å². The summed E-state index contributed by atoms with van der Waals surface area (Å²) in [5.74, 6) is 1.19. The molecule has 6 heteroatoms. The van der Waals surface area contributed by atoms with Crippen LogP contribution in [0.15, 0.2) is 6.33 Å². The number of rotatable bonds is 7. The van der Waals surface area contributed by atoms with Crippen LogP contribution < -0.4 is 16.0 Å². The van der Waals surface area contributed by atoms with Crippen LogP contribution in [0.2, 0.25) is 0 Å². The van der Waals surface area contributed by atoms with Crippen molar-refractivity contribution in [2.45, 2.75) is 40.2 Å². The summed E-state index contributed by atoms with van der Waals surface area (Å²) in [4.78, 5) is 21.6. The van der Waals surface area contributed by atoms with E-state index < -0.39 is 0 Å². The van der Waals surface area contributed by atoms with Crippen molar-refractivity contribution < 1.29 is 4.79 Å². The van der Waals surface area contributed by atoms with Crippen LogP contribution in [0.25, 0.3) is 0 Å². The highest BCUT2D eigenvalue weighted by molar-refractivity contribution is 5.80. The maximum Gasteiger partial charge on any atom is 0.237 e. The van der Waals surface area contributed by atoms with Crippen molar-refractivity contribution in [2.75, 3.05) is 23.3 Å². The second kappa shape index (κ2) is 6.92. The molecule has 6 nitrogen and oxygen atoms in total. The Hall–Kier alpha value is -1.85. The highest BCUT2D eigenvalue weighted by Crippen LogP contribution is 2.23. The lowest BCUT2D eigenvalue weighted by molar-refractivity contribution is -0.116. The summed E-state index contributed by atoms with van der Waals surface area (Å²) >= 11 is 0. The van der Waals surface area contributed by atoms with E-state index in [1.165, 1.54) is 6.33 Å². The second-order valence-electron chi connectivity index (χ2n) is 4.79. The molecule has 0 aliphatic rings. The number of hydrogen-bond acceptors (Lipinski definition) is 5. The quantitative estimate of drug-likeness (QED) is 0.776. The number of anilines is 2. The standard InChI is InChI=1S/C13H23N5O/c1-5-6-15-12-10(4)13(17-8-16-12)18(9(2)3)7-11(14)19/h8-9H,5-7H2,1-4H3,(H2,14,19)(H,15,16,17). The van der Waals surface area contributed by atoms with Crippen molar-refractivity contribution >= 4 is 17.5 Å². The van der Waals surface area contributed by atoms with Crippen molar-refractivity contribution in [3.8, 4) is 0 Å². The van der Waals surface area contributed by atoms with Crippen molar-refractivity contribution in [3.63, 3.8) is 0 Å². The van der Waals surface area contributed by atoms with E-state index in [1.807, 2.05) is 25.7 Å². The minimum atomic E-state index is -0.366. The first-order valence-electron chi connectivity index (χ1n) is 6.57. The summed E-state index contributed by atoms with van der Waals surface area (Å²) in [5, 5.41) is 3.26. The number of nitrogens with zero attached hydrogens (tertiary/aromatic N) is 3. The summed E-state index contributed by atoms with van der Waals surface area (Å²) in [6.45, 7) is 9.06. The van der Waals surface area contributed by atoms with E-state index in [0.717, 1.165) is 30.2 Å². The van der Waals surface area contributed by atoms with Crippen LogP contribution in [-0.4, -0.2) is 35.0 Å². The molecule has 0 bridgehead atoms. The van der Waals surface area contributed by atoms with Crippen molar-refractivity contribution in [1.82, 2.24) is 9.97 Å². The predicted molar refractivity (Wildman–Crippen MR) is 77.2 cm³/mol. The molecule has 1 amide bonds. The van der Waals surface area contributed by atoms with Crippen molar-refractivity contribution in [1.29, 1.82) is 0 Å². The lowest BCUT2D eigenvalue weighted by atomic mass is 10.2. The van der Waals surface area contributed by atoms with Gasteiger partial charge in [0.15, 0.2) is 0 Å². The van der Waals surface area contributed by atoms with Gasteiger partial charge in [0.25, 0.3) is 0 Å². The molecular formula is C13H23N5O. The summed E-state index contributed by atoms with van der Waals surface area (Å²) in [7, 11) is 0. The topological polar surface area (TPSA) is 84.1 Å². The first kappa shape index (κ1) is 15.2. The molecule has 0 aliphatic heterocycles. The third-order valence-electron chi connectivity index (χ3n) is 2.82. The van der Waals surface area contributed by atoms with Gasteiger partial charge in [0.1, 0.15) is 18.0 Å². The van der Waals surface area contributed by atoms with Gasteiger partial charge in [0.2, 0.25) is 5.91 Å². The number of aromatic nitrogens is 2. The highest BCUT2D eigenvalue weighted by Gasteiger charge is 2.18. The van der Waals surface area contributed by atoms with E-state index in [-0.39, 0.29) is 18.5 Å². The Labute approximate surface area is 114 Å². The molecule has 19 heavy (non-hydrogen) atoms. The molecule has 0 fully saturated rings. The van der Waals surface area contributed by atoms with E-state index in [9.17, 15) is 4.79 Å². The lowest BCUT2D eigenvalue weighted by Crippen LogP contribution is -2.39. The normalized spacial score (nSPS) is 10.6. The molecule has 0 aliphatic carbocycles. The molecule has 0 radical (unpaired) electrons. The lowest BCUT2D eigenvalue weighted by Gasteiger charge is -2.28. The van der Waals surface area contributed by atoms with Crippen LogP contribution in [0.3, 0.4) is 0 Å². The summed E-state index contributed by atoms with van der Waals surface area (Å²) in [6, 6.07) is 0.139. The van der Waals surface area contributed by atoms with Gasteiger partial charge in [-0.2, -0.15) is 0 Å². The molecule has 0 saturated carbocycles. The minimum absolute atomic E-state index is 0.139. The van der Waals surface area contributed by atoms with E-state index in [2.05, 4.69) is 22.2 Å². The van der Waals surface area contributed by atoms with Crippen LogP contribution in [0.1, 0.15) is 32.8 Å². The fraction of sp³-hybridized carbons (Fsp3) is 0.615. The van der Waals surface area contributed by atoms with Gasteiger partial charge in [0.05, 0.1) is 6.54 Å². The third-order valence-corrected chi connectivity index (χ3v) is 2.82. The summed E-state index contributed by atoms with van der Waals surface area (Å²) in [6.07, 6.45) is 2.53. The van der Waals surface area contributed by atoms with Gasteiger partial charge in [-0.3, -0.25) is 4.79 Å². The fourth-order valence-electron chi connectivity index (χ4n) is 1.82. The Balaban J connectivity index is 3.05. The largest absolute Gasteiger partial charge is 0.370 e. The van der Waals surface area contributed by atoms with Crippen LogP contribution in [0.5, 0.6) is 0 Å². The molecule has 0 saturated heterocycles. The number of nitrogens with two attached hydrogens (primary N) is 1. The summed E-state index contributed by atoms with van der Waals surface area (Å²) < 4.78 is 0. The van der Waals surface area contributed by atoms with Gasteiger partial charge in [-0.1, -0.05) is 6.92 Å². The van der Waals surface area contributed by atoms with Gasteiger partial charge >= 0.3 is 0 Å². The average Bonchev–Trinajstić information content (AvgIpc) is 2.34. The summed E-state index contributed by atoms with van der Waals surface area (Å²) in [5.41, 5.74) is 6.23. The molecule has 1 heterocycles. The zero-order chi connectivity index (χ0) is 14.4. The van der Waals surface area contributed by atoms with Gasteiger partial charge in [-0.05, 0) is 27.2 Å². The number of carbonyl (C=O) groups excluding carboxylic acids is 1. The zero-order valence-corrected chi connectivity index (χ0v) is 12.1. The molecule has 106 valence electrons. The number of hydrogen-bond donors (Lipinski definition) is 2. The fourth-order valence-corrected chi connectivity index (χ4v) is 1.82. The number of primary amides is 1. The van der Waals surface area contributed by atoms with E-state index in [0.29, 0.717) is 0 Å². The average molecular weight is 265 g/mol. The van der Waals surface area contributed by atoms with Gasteiger partial charge in [-0.25, -0.2) is 9.97 Å². The highest BCUT2D eigenvalue weighted by atomic mass is 16.1. The Kier molecular flexibility index (Phi) is 5.54. The molecular weight excluding hydrogens is 242 g/mol.